The molecule has 0 fully saturated rings. The first-order valence-corrected chi connectivity index (χ1v) is 7.97. The van der Waals surface area contributed by atoms with E-state index in [0.717, 1.165) is 42.2 Å². The number of hydrogen-bond donors (Lipinski definition) is 1. The predicted octanol–water partition coefficient (Wildman–Crippen LogP) is 3.10. The molecule has 0 unspecified atom stereocenters. The van der Waals surface area contributed by atoms with E-state index in [9.17, 15) is 4.79 Å². The van der Waals surface area contributed by atoms with Gasteiger partial charge in [0.1, 0.15) is 0 Å². The summed E-state index contributed by atoms with van der Waals surface area (Å²) in [6.45, 7) is 4.33. The van der Waals surface area contributed by atoms with E-state index in [0.29, 0.717) is 19.6 Å². The molecule has 4 heteroatoms. The molecule has 0 spiro atoms. The van der Waals surface area contributed by atoms with Crippen LogP contribution in [0.15, 0.2) is 36.7 Å². The standard InChI is InChI=1S/C18H24N2O2/c1-2-3-11-22-12-5-9-20-18(21)13-15-6-4-7-16-14-19-10-8-17(15)16/h4,6-8,10,14H,2-3,5,9,11-13H2,1H3,(H,20,21). The molecule has 0 saturated heterocycles. The Morgan fingerprint density at radius 1 is 1.23 bits per heavy atom. The van der Waals surface area contributed by atoms with Crippen LogP contribution >= 0.6 is 0 Å². The normalized spacial score (nSPS) is 10.8. The second-order valence-electron chi connectivity index (χ2n) is 5.36. The summed E-state index contributed by atoms with van der Waals surface area (Å²) in [5.41, 5.74) is 1.04. The highest BCUT2D eigenvalue weighted by molar-refractivity contribution is 5.89. The number of carbonyl (C=O) groups is 1. The average Bonchev–Trinajstić information content (AvgIpc) is 2.54. The van der Waals surface area contributed by atoms with Gasteiger partial charge in [-0.15, -0.1) is 0 Å². The minimum atomic E-state index is 0.0536. The number of nitrogens with zero attached hydrogens (tertiary/aromatic N) is 1. The second kappa shape index (κ2) is 9.15. The Morgan fingerprint density at radius 2 is 2.09 bits per heavy atom. The third-order valence-corrected chi connectivity index (χ3v) is 3.55. The lowest BCUT2D eigenvalue weighted by Crippen LogP contribution is -2.26. The van der Waals surface area contributed by atoms with Crippen molar-refractivity contribution in [2.24, 2.45) is 0 Å². The van der Waals surface area contributed by atoms with Crippen LogP contribution in [0.4, 0.5) is 0 Å². The van der Waals surface area contributed by atoms with Gasteiger partial charge in [0.2, 0.25) is 5.91 Å². The Labute approximate surface area is 131 Å². The molecule has 2 rings (SSSR count). The maximum absolute atomic E-state index is 12.0. The van der Waals surface area contributed by atoms with Gasteiger partial charge in [-0.05, 0) is 29.9 Å². The third-order valence-electron chi connectivity index (χ3n) is 3.55. The molecule has 2 aromatic rings. The molecule has 1 amide bonds. The minimum Gasteiger partial charge on any atom is -0.381 e. The van der Waals surface area contributed by atoms with Crippen LogP contribution in [-0.4, -0.2) is 30.6 Å². The van der Waals surface area contributed by atoms with Crippen LogP contribution in [0, 0.1) is 0 Å². The van der Waals surface area contributed by atoms with Crippen molar-refractivity contribution < 1.29 is 9.53 Å². The minimum absolute atomic E-state index is 0.0536. The number of nitrogens with one attached hydrogen (secondary N) is 1. The Hall–Kier alpha value is -1.94. The number of rotatable bonds is 9. The number of hydrogen-bond acceptors (Lipinski definition) is 3. The number of benzene rings is 1. The maximum atomic E-state index is 12.0. The topological polar surface area (TPSA) is 51.2 Å². The highest BCUT2D eigenvalue weighted by Crippen LogP contribution is 2.17. The first kappa shape index (κ1) is 16.4. The molecule has 0 aliphatic carbocycles. The Morgan fingerprint density at radius 3 is 2.95 bits per heavy atom. The SMILES string of the molecule is CCCCOCCCNC(=O)Cc1cccc2cnccc12. The van der Waals surface area contributed by atoms with Crippen LogP contribution in [0.2, 0.25) is 0 Å². The summed E-state index contributed by atoms with van der Waals surface area (Å²) in [4.78, 5) is 16.1. The molecule has 0 bridgehead atoms. The van der Waals surface area contributed by atoms with Gasteiger partial charge in [-0.2, -0.15) is 0 Å². The van der Waals surface area contributed by atoms with Crippen molar-refractivity contribution in [3.05, 3.63) is 42.2 Å². The van der Waals surface area contributed by atoms with Gasteiger partial charge in [0.25, 0.3) is 0 Å². The molecule has 0 aliphatic rings. The van der Waals surface area contributed by atoms with Crippen molar-refractivity contribution in [1.82, 2.24) is 10.3 Å². The fourth-order valence-corrected chi connectivity index (χ4v) is 2.33. The van der Waals surface area contributed by atoms with Crippen LogP contribution in [-0.2, 0) is 16.0 Å². The number of unbranched alkanes of at least 4 members (excludes halogenated alkanes) is 1. The maximum Gasteiger partial charge on any atom is 0.224 e. The van der Waals surface area contributed by atoms with E-state index in [4.69, 9.17) is 4.74 Å². The van der Waals surface area contributed by atoms with Crippen LogP contribution < -0.4 is 5.32 Å². The van der Waals surface area contributed by atoms with Gasteiger partial charge < -0.3 is 10.1 Å². The summed E-state index contributed by atoms with van der Waals surface area (Å²) in [7, 11) is 0. The zero-order valence-electron chi connectivity index (χ0n) is 13.2. The molecule has 0 radical (unpaired) electrons. The highest BCUT2D eigenvalue weighted by Gasteiger charge is 2.06. The lowest BCUT2D eigenvalue weighted by atomic mass is 10.0. The number of pyridine rings is 1. The Balaban J connectivity index is 1.75. The zero-order chi connectivity index (χ0) is 15.6. The van der Waals surface area contributed by atoms with E-state index in [-0.39, 0.29) is 5.91 Å². The molecule has 0 saturated carbocycles. The molecular weight excluding hydrogens is 276 g/mol. The largest absolute Gasteiger partial charge is 0.381 e. The fourth-order valence-electron chi connectivity index (χ4n) is 2.33. The Bertz CT molecular complexity index is 593. The average molecular weight is 300 g/mol. The molecule has 0 atom stereocenters. The number of amides is 1. The lowest BCUT2D eigenvalue weighted by Gasteiger charge is -2.08. The summed E-state index contributed by atoms with van der Waals surface area (Å²) < 4.78 is 5.47. The van der Waals surface area contributed by atoms with Crippen LogP contribution in [0.3, 0.4) is 0 Å². The van der Waals surface area contributed by atoms with Crippen molar-refractivity contribution in [2.75, 3.05) is 19.8 Å². The molecule has 4 nitrogen and oxygen atoms in total. The smallest absolute Gasteiger partial charge is 0.224 e. The van der Waals surface area contributed by atoms with Crippen molar-refractivity contribution in [3.8, 4) is 0 Å². The van der Waals surface area contributed by atoms with Gasteiger partial charge in [0.05, 0.1) is 6.42 Å². The van der Waals surface area contributed by atoms with Gasteiger partial charge >= 0.3 is 0 Å². The molecule has 1 aromatic carbocycles. The number of carbonyl (C=O) groups excluding carboxylic acids is 1. The molecule has 118 valence electrons. The third kappa shape index (κ3) is 5.11. The van der Waals surface area contributed by atoms with Crippen LogP contribution in [0.1, 0.15) is 31.7 Å². The number of fused-ring (bicyclic) bond motifs is 1. The van der Waals surface area contributed by atoms with E-state index < -0.39 is 0 Å². The monoisotopic (exact) mass is 300 g/mol. The van der Waals surface area contributed by atoms with E-state index in [1.807, 2.05) is 30.5 Å². The van der Waals surface area contributed by atoms with E-state index in [1.54, 1.807) is 6.20 Å². The summed E-state index contributed by atoms with van der Waals surface area (Å²) in [6.07, 6.45) is 7.09. The van der Waals surface area contributed by atoms with Crippen LogP contribution in [0.5, 0.6) is 0 Å². The summed E-state index contributed by atoms with van der Waals surface area (Å²) in [5.74, 6) is 0.0536. The molecule has 1 heterocycles. The molecule has 22 heavy (non-hydrogen) atoms. The number of aromatic nitrogens is 1. The lowest BCUT2D eigenvalue weighted by molar-refractivity contribution is -0.120. The summed E-state index contributed by atoms with van der Waals surface area (Å²) >= 11 is 0. The second-order valence-corrected chi connectivity index (χ2v) is 5.36. The molecule has 1 N–H and O–H groups in total. The summed E-state index contributed by atoms with van der Waals surface area (Å²) in [5, 5.41) is 5.11. The molecular formula is C18H24N2O2. The van der Waals surface area contributed by atoms with E-state index in [1.165, 1.54) is 0 Å². The zero-order valence-corrected chi connectivity index (χ0v) is 13.2. The number of ether oxygens (including phenoxy) is 1. The van der Waals surface area contributed by atoms with Gasteiger partial charge in [-0.1, -0.05) is 31.5 Å². The first-order chi connectivity index (χ1) is 10.8. The van der Waals surface area contributed by atoms with E-state index in [2.05, 4.69) is 17.2 Å². The Kier molecular flexibility index (Phi) is 6.84. The van der Waals surface area contributed by atoms with Gasteiger partial charge in [-0.25, -0.2) is 0 Å². The summed E-state index contributed by atoms with van der Waals surface area (Å²) in [6, 6.07) is 7.93. The van der Waals surface area contributed by atoms with Crippen molar-refractivity contribution in [3.63, 3.8) is 0 Å². The fraction of sp³-hybridized carbons (Fsp3) is 0.444. The van der Waals surface area contributed by atoms with Crippen molar-refractivity contribution in [2.45, 2.75) is 32.6 Å². The molecule has 1 aromatic heterocycles. The molecule has 0 aliphatic heterocycles. The van der Waals surface area contributed by atoms with Crippen molar-refractivity contribution >= 4 is 16.7 Å². The van der Waals surface area contributed by atoms with Gasteiger partial charge in [0, 0.05) is 37.5 Å². The van der Waals surface area contributed by atoms with Gasteiger partial charge in [0.15, 0.2) is 0 Å². The van der Waals surface area contributed by atoms with Crippen LogP contribution in [0.25, 0.3) is 10.8 Å². The highest BCUT2D eigenvalue weighted by atomic mass is 16.5. The van der Waals surface area contributed by atoms with E-state index >= 15 is 0 Å². The van der Waals surface area contributed by atoms with Gasteiger partial charge in [-0.3, -0.25) is 9.78 Å². The van der Waals surface area contributed by atoms with Crippen molar-refractivity contribution in [1.29, 1.82) is 0 Å². The quantitative estimate of drug-likeness (QED) is 0.724. The predicted molar refractivity (Wildman–Crippen MR) is 88.8 cm³/mol. The first-order valence-electron chi connectivity index (χ1n) is 7.97.